The lowest BCUT2D eigenvalue weighted by Gasteiger charge is -2.22. The number of nitrogens with zero attached hydrogens (tertiary/aromatic N) is 1. The molecule has 3 rings (SSSR count). The van der Waals surface area contributed by atoms with Crippen LogP contribution in [0.1, 0.15) is 42.1 Å². The van der Waals surface area contributed by atoms with Crippen molar-refractivity contribution in [2.45, 2.75) is 39.2 Å². The summed E-state index contributed by atoms with van der Waals surface area (Å²) < 4.78 is 24.7. The molecule has 1 heterocycles. The van der Waals surface area contributed by atoms with Crippen molar-refractivity contribution in [3.8, 4) is 11.1 Å². The van der Waals surface area contributed by atoms with Gasteiger partial charge in [0.15, 0.2) is 0 Å². The Morgan fingerprint density at radius 1 is 1.17 bits per heavy atom. The fraction of sp³-hybridized carbons (Fsp3) is 0.346. The summed E-state index contributed by atoms with van der Waals surface area (Å²) in [6, 6.07) is 12.6. The van der Waals surface area contributed by atoms with Crippen molar-refractivity contribution in [3.63, 3.8) is 0 Å². The van der Waals surface area contributed by atoms with E-state index >= 15 is 0 Å². The van der Waals surface area contributed by atoms with Gasteiger partial charge in [-0.2, -0.15) is 0 Å². The molecular formula is C26H28ClFN2O5. The molecule has 186 valence electrons. The molecule has 0 saturated carbocycles. The topological polar surface area (TPSA) is 102 Å². The summed E-state index contributed by atoms with van der Waals surface area (Å²) in [5.41, 5.74) is 2.53. The minimum absolute atomic E-state index is 0.0352. The van der Waals surface area contributed by atoms with Crippen LogP contribution in [0.25, 0.3) is 11.1 Å². The molecule has 2 aromatic carbocycles. The number of carboxylic acid groups (broad SMARTS) is 1. The fourth-order valence-electron chi connectivity index (χ4n) is 3.70. The largest absolute Gasteiger partial charge is 0.481 e. The van der Waals surface area contributed by atoms with Gasteiger partial charge in [0, 0.05) is 29.3 Å². The van der Waals surface area contributed by atoms with Crippen LogP contribution in [0.4, 0.5) is 4.39 Å². The van der Waals surface area contributed by atoms with Crippen LogP contribution in [-0.2, 0) is 22.4 Å². The molecule has 3 aromatic rings. The Labute approximate surface area is 208 Å². The van der Waals surface area contributed by atoms with Gasteiger partial charge in [0.05, 0.1) is 18.2 Å². The van der Waals surface area contributed by atoms with Gasteiger partial charge >= 0.3 is 5.97 Å². The van der Waals surface area contributed by atoms with Crippen molar-refractivity contribution in [2.75, 3.05) is 13.2 Å². The van der Waals surface area contributed by atoms with E-state index in [1.807, 2.05) is 19.1 Å². The van der Waals surface area contributed by atoms with Crippen molar-refractivity contribution in [2.24, 2.45) is 5.92 Å². The van der Waals surface area contributed by atoms with Gasteiger partial charge in [0.1, 0.15) is 5.82 Å². The SMILES string of the molecule is CCOCC(CC(Cc1ccc(-c2cc(Cl)ccc2F)cc1)NC(=O)c1cc(CC)no1)C(=O)O. The summed E-state index contributed by atoms with van der Waals surface area (Å²) >= 11 is 6.01. The number of amides is 1. The number of halogens is 2. The van der Waals surface area contributed by atoms with Gasteiger partial charge < -0.3 is 19.7 Å². The van der Waals surface area contributed by atoms with Crippen LogP contribution in [0.3, 0.4) is 0 Å². The Bertz CT molecular complexity index is 1150. The maximum absolute atomic E-state index is 14.2. The third kappa shape index (κ3) is 7.37. The number of nitrogens with one attached hydrogen (secondary N) is 1. The molecule has 0 aliphatic carbocycles. The number of aliphatic carboxylic acids is 1. The molecule has 35 heavy (non-hydrogen) atoms. The van der Waals surface area contributed by atoms with Crippen LogP contribution in [0.2, 0.25) is 5.02 Å². The Kier molecular flexibility index (Phi) is 9.39. The van der Waals surface area contributed by atoms with Gasteiger partial charge in [0.25, 0.3) is 5.91 Å². The van der Waals surface area contributed by atoms with E-state index in [2.05, 4.69) is 10.5 Å². The lowest BCUT2D eigenvalue weighted by atomic mass is 9.94. The van der Waals surface area contributed by atoms with Crippen LogP contribution in [0, 0.1) is 11.7 Å². The molecule has 0 saturated heterocycles. The standard InChI is InChI=1S/C26H28ClFN2O5/c1-3-20-14-24(35-30-20)25(31)29-21(12-18(26(32)33)15-34-4-2)11-16-5-7-17(8-6-16)22-13-19(27)9-10-23(22)28/h5-10,13-14,18,21H,3-4,11-12,15H2,1-2H3,(H,29,31)(H,32,33). The van der Waals surface area contributed by atoms with Gasteiger partial charge in [0.2, 0.25) is 5.76 Å². The molecule has 0 aliphatic rings. The number of carbonyl (C=O) groups excluding carboxylic acids is 1. The maximum Gasteiger partial charge on any atom is 0.308 e. The molecule has 2 atom stereocenters. The van der Waals surface area contributed by atoms with Crippen molar-refractivity contribution < 1.29 is 28.3 Å². The van der Waals surface area contributed by atoms with E-state index in [-0.39, 0.29) is 24.6 Å². The molecule has 7 nitrogen and oxygen atoms in total. The minimum Gasteiger partial charge on any atom is -0.481 e. The van der Waals surface area contributed by atoms with Gasteiger partial charge in [-0.15, -0.1) is 0 Å². The van der Waals surface area contributed by atoms with E-state index in [1.54, 1.807) is 31.2 Å². The quantitative estimate of drug-likeness (QED) is 0.354. The average Bonchev–Trinajstić information content (AvgIpc) is 3.33. The number of benzene rings is 2. The van der Waals surface area contributed by atoms with Gasteiger partial charge in [-0.3, -0.25) is 9.59 Å². The second-order valence-electron chi connectivity index (χ2n) is 8.16. The number of carbonyl (C=O) groups is 2. The summed E-state index contributed by atoms with van der Waals surface area (Å²) in [6.07, 6.45) is 1.13. The summed E-state index contributed by atoms with van der Waals surface area (Å²) in [5, 5.41) is 16.8. The number of aryl methyl sites for hydroxylation is 1. The smallest absolute Gasteiger partial charge is 0.308 e. The highest BCUT2D eigenvalue weighted by Crippen LogP contribution is 2.27. The van der Waals surface area contributed by atoms with Crippen molar-refractivity contribution >= 4 is 23.5 Å². The van der Waals surface area contributed by atoms with Crippen LogP contribution in [0.15, 0.2) is 53.1 Å². The minimum atomic E-state index is -1.00. The van der Waals surface area contributed by atoms with E-state index in [0.717, 1.165) is 5.56 Å². The zero-order chi connectivity index (χ0) is 25.4. The summed E-state index contributed by atoms with van der Waals surface area (Å²) in [7, 11) is 0. The first-order chi connectivity index (χ1) is 16.8. The van der Waals surface area contributed by atoms with E-state index in [9.17, 15) is 19.1 Å². The Morgan fingerprint density at radius 3 is 2.54 bits per heavy atom. The number of carboxylic acids is 1. The molecule has 2 unspecified atom stereocenters. The Morgan fingerprint density at radius 2 is 1.91 bits per heavy atom. The Balaban J connectivity index is 1.80. The third-order valence-corrected chi connectivity index (χ3v) is 5.83. The molecule has 0 fully saturated rings. The number of rotatable bonds is 12. The maximum atomic E-state index is 14.2. The molecule has 0 aliphatic heterocycles. The van der Waals surface area contributed by atoms with E-state index in [4.69, 9.17) is 20.9 Å². The molecule has 0 bridgehead atoms. The predicted molar refractivity (Wildman–Crippen MR) is 130 cm³/mol. The second kappa shape index (κ2) is 12.5. The Hall–Kier alpha value is -3.23. The van der Waals surface area contributed by atoms with Gasteiger partial charge in [-0.1, -0.05) is 47.9 Å². The zero-order valence-electron chi connectivity index (χ0n) is 19.6. The first-order valence-corrected chi connectivity index (χ1v) is 11.8. The van der Waals surface area contributed by atoms with Crippen LogP contribution >= 0.6 is 11.6 Å². The van der Waals surface area contributed by atoms with Crippen LogP contribution in [0.5, 0.6) is 0 Å². The van der Waals surface area contributed by atoms with Gasteiger partial charge in [-0.25, -0.2) is 4.39 Å². The van der Waals surface area contributed by atoms with Crippen molar-refractivity contribution in [1.82, 2.24) is 10.5 Å². The highest BCUT2D eigenvalue weighted by Gasteiger charge is 2.26. The first kappa shape index (κ1) is 26.4. The number of hydrogen-bond acceptors (Lipinski definition) is 5. The van der Waals surface area contributed by atoms with E-state index in [0.29, 0.717) is 41.3 Å². The monoisotopic (exact) mass is 502 g/mol. The lowest BCUT2D eigenvalue weighted by molar-refractivity contribution is -0.144. The predicted octanol–water partition coefficient (Wildman–Crippen LogP) is 5.17. The first-order valence-electron chi connectivity index (χ1n) is 11.4. The summed E-state index contributed by atoms with van der Waals surface area (Å²) in [6.45, 7) is 4.11. The number of ether oxygens (including phenoxy) is 1. The van der Waals surface area contributed by atoms with Gasteiger partial charge in [-0.05, 0) is 55.5 Å². The van der Waals surface area contributed by atoms with Crippen molar-refractivity contribution in [1.29, 1.82) is 0 Å². The van der Waals surface area contributed by atoms with E-state index < -0.39 is 23.8 Å². The highest BCUT2D eigenvalue weighted by molar-refractivity contribution is 6.30. The molecule has 0 spiro atoms. The molecular weight excluding hydrogens is 475 g/mol. The lowest BCUT2D eigenvalue weighted by Crippen LogP contribution is -2.40. The molecule has 2 N–H and O–H groups in total. The second-order valence-corrected chi connectivity index (χ2v) is 8.60. The molecule has 0 radical (unpaired) electrons. The molecule has 9 heteroatoms. The average molecular weight is 503 g/mol. The van der Waals surface area contributed by atoms with Crippen molar-refractivity contribution in [3.05, 3.63) is 76.4 Å². The number of aromatic nitrogens is 1. The number of hydrogen-bond donors (Lipinski definition) is 2. The summed E-state index contributed by atoms with van der Waals surface area (Å²) in [5.74, 6) is -2.60. The third-order valence-electron chi connectivity index (χ3n) is 5.60. The summed E-state index contributed by atoms with van der Waals surface area (Å²) in [4.78, 5) is 24.6. The van der Waals surface area contributed by atoms with Crippen LogP contribution < -0.4 is 5.32 Å². The van der Waals surface area contributed by atoms with Crippen LogP contribution in [-0.4, -0.2) is 41.4 Å². The normalized spacial score (nSPS) is 12.8. The molecule has 1 amide bonds. The van der Waals surface area contributed by atoms with E-state index in [1.165, 1.54) is 12.1 Å². The highest BCUT2D eigenvalue weighted by atomic mass is 35.5. The zero-order valence-corrected chi connectivity index (χ0v) is 20.3. The molecule has 1 aromatic heterocycles. The fourth-order valence-corrected chi connectivity index (χ4v) is 3.87.